The minimum atomic E-state index is -2.07. The van der Waals surface area contributed by atoms with Crippen LogP contribution < -0.4 is 0 Å². The maximum atomic E-state index is 5.47. The van der Waals surface area contributed by atoms with Crippen molar-refractivity contribution in [3.05, 3.63) is 0 Å². The first-order valence-electron chi connectivity index (χ1n) is 6.22. The van der Waals surface area contributed by atoms with Crippen LogP contribution in [0, 0.1) is 0 Å². The Hall–Kier alpha value is 0.719. The molecule has 3 heteroatoms. The second-order valence-electron chi connectivity index (χ2n) is 4.57. The zero-order chi connectivity index (χ0) is 11.6. The Morgan fingerprint density at radius 3 is 1.47 bits per heavy atom. The van der Waals surface area contributed by atoms with Gasteiger partial charge in [-0.25, -0.2) is 0 Å². The summed E-state index contributed by atoms with van der Waals surface area (Å²) in [6.07, 6.45) is 5.34. The number of hydrogen-bond donors (Lipinski definition) is 0. The summed E-state index contributed by atoms with van der Waals surface area (Å²) in [5, 5.41) is 0. The number of methoxy groups -OCH3 is 2. The van der Waals surface area contributed by atoms with E-state index >= 15 is 0 Å². The summed E-state index contributed by atoms with van der Waals surface area (Å²) < 4.78 is 15.9. The van der Waals surface area contributed by atoms with Gasteiger partial charge in [-0.05, 0) is 0 Å². The first-order chi connectivity index (χ1) is 7.24. The van der Waals surface area contributed by atoms with Crippen molar-refractivity contribution in [2.45, 2.75) is 48.4 Å². The molecule has 0 atom stereocenters. The van der Waals surface area contributed by atoms with Gasteiger partial charge in [0.05, 0.1) is 0 Å². The first kappa shape index (κ1) is 15.7. The van der Waals surface area contributed by atoms with Gasteiger partial charge in [-0.2, -0.15) is 0 Å². The quantitative estimate of drug-likeness (QED) is 0.574. The van der Waals surface area contributed by atoms with Crippen molar-refractivity contribution in [3.63, 3.8) is 0 Å². The van der Waals surface area contributed by atoms with Gasteiger partial charge in [0.2, 0.25) is 0 Å². The average molecular weight is 323 g/mol. The molecule has 0 radical (unpaired) electrons. The van der Waals surface area contributed by atoms with Crippen LogP contribution in [0.3, 0.4) is 0 Å². The molecule has 0 spiro atoms. The van der Waals surface area contributed by atoms with Crippen molar-refractivity contribution in [1.82, 2.24) is 0 Å². The second kappa shape index (κ2) is 9.91. The molecule has 2 nitrogen and oxygen atoms in total. The van der Waals surface area contributed by atoms with Crippen molar-refractivity contribution < 1.29 is 9.47 Å². The van der Waals surface area contributed by atoms with Crippen molar-refractivity contribution in [2.24, 2.45) is 0 Å². The molecule has 0 aromatic carbocycles. The molecular formula is C12H28O2Sn. The van der Waals surface area contributed by atoms with Crippen LogP contribution in [0.4, 0.5) is 0 Å². The maximum absolute atomic E-state index is 5.47. The third-order valence-corrected chi connectivity index (χ3v) is 16.2. The Bertz CT molecular complexity index is 124. The molecule has 0 aromatic rings. The second-order valence-corrected chi connectivity index (χ2v) is 17.6. The predicted molar refractivity (Wildman–Crippen MR) is 68.9 cm³/mol. The minimum absolute atomic E-state index is 1.04. The van der Waals surface area contributed by atoms with Crippen molar-refractivity contribution in [1.29, 1.82) is 0 Å². The predicted octanol–water partition coefficient (Wildman–Crippen LogP) is 3.41. The fraction of sp³-hybridized carbons (Fsp3) is 1.00. The van der Waals surface area contributed by atoms with Gasteiger partial charge in [0, 0.05) is 0 Å². The van der Waals surface area contributed by atoms with E-state index in [9.17, 15) is 0 Å². The van der Waals surface area contributed by atoms with E-state index < -0.39 is 18.4 Å². The summed E-state index contributed by atoms with van der Waals surface area (Å²) >= 11 is -2.07. The van der Waals surface area contributed by atoms with Gasteiger partial charge in [0.15, 0.2) is 0 Å². The van der Waals surface area contributed by atoms with Crippen LogP contribution in [0.5, 0.6) is 0 Å². The molecule has 0 aromatic heterocycles. The van der Waals surface area contributed by atoms with Gasteiger partial charge in [0.25, 0.3) is 0 Å². The van der Waals surface area contributed by atoms with E-state index in [0.717, 1.165) is 9.25 Å². The van der Waals surface area contributed by atoms with Crippen LogP contribution >= 0.6 is 0 Å². The van der Waals surface area contributed by atoms with Crippen molar-refractivity contribution in [2.75, 3.05) is 23.5 Å². The van der Waals surface area contributed by atoms with Crippen LogP contribution in [0.25, 0.3) is 0 Å². The number of hydrogen-bond acceptors (Lipinski definition) is 2. The molecule has 0 saturated heterocycles. The Morgan fingerprint density at radius 1 is 0.800 bits per heavy atom. The van der Waals surface area contributed by atoms with Gasteiger partial charge >= 0.3 is 99.7 Å². The topological polar surface area (TPSA) is 18.5 Å². The molecule has 0 bridgehead atoms. The summed E-state index contributed by atoms with van der Waals surface area (Å²) in [6.45, 7) is 4.55. The van der Waals surface area contributed by atoms with E-state index in [1.165, 1.54) is 34.6 Å². The zero-order valence-corrected chi connectivity index (χ0v) is 13.8. The van der Waals surface area contributed by atoms with E-state index in [-0.39, 0.29) is 0 Å². The number of ether oxygens (including phenoxy) is 2. The molecule has 0 aliphatic heterocycles. The molecule has 0 aliphatic carbocycles. The van der Waals surface area contributed by atoms with Gasteiger partial charge in [-0.1, -0.05) is 0 Å². The van der Waals surface area contributed by atoms with Gasteiger partial charge < -0.3 is 0 Å². The first-order valence-corrected chi connectivity index (χ1v) is 14.3. The van der Waals surface area contributed by atoms with Crippen LogP contribution in [0.1, 0.15) is 39.5 Å². The molecule has 0 rings (SSSR count). The third-order valence-electron chi connectivity index (χ3n) is 3.02. The molecule has 0 saturated carbocycles. The fourth-order valence-electron chi connectivity index (χ4n) is 2.17. The van der Waals surface area contributed by atoms with E-state index in [2.05, 4.69) is 13.8 Å². The van der Waals surface area contributed by atoms with E-state index in [1.807, 2.05) is 14.2 Å². The van der Waals surface area contributed by atoms with Crippen LogP contribution in [-0.4, -0.2) is 41.8 Å². The summed E-state index contributed by atoms with van der Waals surface area (Å²) in [6, 6.07) is 0. The van der Waals surface area contributed by atoms with E-state index in [4.69, 9.17) is 9.47 Å². The van der Waals surface area contributed by atoms with Crippen molar-refractivity contribution in [3.8, 4) is 0 Å². The zero-order valence-electron chi connectivity index (χ0n) is 11.0. The van der Waals surface area contributed by atoms with Gasteiger partial charge in [0.1, 0.15) is 0 Å². The molecule has 0 heterocycles. The molecule has 15 heavy (non-hydrogen) atoms. The SMILES string of the molecule is CCC[CH2][Sn]([CH2]CCC)([CH2]OC)[CH2]OC. The molecule has 0 N–H and O–H groups in total. The summed E-state index contributed by atoms with van der Waals surface area (Å²) in [5.74, 6) is 0. The monoisotopic (exact) mass is 324 g/mol. The molecule has 0 aliphatic rings. The standard InChI is InChI=1S/2C4H9.2C2H5O.Sn/c2*1-3-4-2;2*1-3-2;/h2*1,3-4H2,2H3;2*1H2,2H3;. The van der Waals surface area contributed by atoms with Crippen LogP contribution in [0.2, 0.25) is 8.87 Å². The Balaban J connectivity index is 4.26. The van der Waals surface area contributed by atoms with E-state index in [0.29, 0.717) is 0 Å². The van der Waals surface area contributed by atoms with Gasteiger partial charge in [-0.3, -0.25) is 0 Å². The number of rotatable bonds is 10. The Morgan fingerprint density at radius 2 is 1.20 bits per heavy atom. The third kappa shape index (κ3) is 6.80. The average Bonchev–Trinajstić information content (AvgIpc) is 2.24. The molecule has 0 unspecified atom stereocenters. The molecule has 0 amide bonds. The van der Waals surface area contributed by atoms with E-state index in [1.54, 1.807) is 0 Å². The Kier molecular flexibility index (Phi) is 10.4. The summed E-state index contributed by atoms with van der Waals surface area (Å²) in [7, 11) is 3.69. The molecular weight excluding hydrogens is 295 g/mol. The molecule has 0 fully saturated rings. The number of unbranched alkanes of at least 4 members (excludes halogenated alkanes) is 2. The Labute approximate surface area is 99.6 Å². The van der Waals surface area contributed by atoms with Crippen LogP contribution in [0.15, 0.2) is 0 Å². The van der Waals surface area contributed by atoms with Crippen LogP contribution in [-0.2, 0) is 9.47 Å². The fourth-order valence-corrected chi connectivity index (χ4v) is 14.6. The van der Waals surface area contributed by atoms with Gasteiger partial charge in [-0.15, -0.1) is 0 Å². The molecule has 92 valence electrons. The normalized spacial score (nSPS) is 12.0. The van der Waals surface area contributed by atoms with Crippen molar-refractivity contribution >= 4 is 18.4 Å². The summed E-state index contributed by atoms with van der Waals surface area (Å²) in [4.78, 5) is 0. The summed E-state index contributed by atoms with van der Waals surface area (Å²) in [5.41, 5.74) is 0.